The summed E-state index contributed by atoms with van der Waals surface area (Å²) in [4.78, 5) is 7.35. The molecule has 0 aliphatic carbocycles. The highest BCUT2D eigenvalue weighted by Crippen LogP contribution is 2.35. The molecule has 5 rings (SSSR count). The van der Waals surface area contributed by atoms with Crippen LogP contribution < -0.4 is 4.90 Å². The molecule has 2 fully saturated rings. The predicted octanol–water partition coefficient (Wildman–Crippen LogP) is 4.24. The maximum atomic E-state index is 7.77. The Morgan fingerprint density at radius 3 is 2.34 bits per heavy atom. The zero-order valence-corrected chi connectivity index (χ0v) is 20.4. The molecule has 3 aliphatic rings. The number of nitrogens with zero attached hydrogens (tertiary/aromatic N) is 6. The summed E-state index contributed by atoms with van der Waals surface area (Å²) in [5.41, 5.74) is 11.6. The minimum atomic E-state index is 0.0186. The Bertz CT molecular complexity index is 1020. The van der Waals surface area contributed by atoms with Gasteiger partial charge in [-0.25, -0.2) is 5.53 Å². The highest BCUT2D eigenvalue weighted by Gasteiger charge is 2.42. The van der Waals surface area contributed by atoms with Crippen LogP contribution in [0.4, 0.5) is 17.1 Å². The number of benzene rings is 2. The summed E-state index contributed by atoms with van der Waals surface area (Å²) in [7, 11) is 2.13. The summed E-state index contributed by atoms with van der Waals surface area (Å²) in [5.74, 6) is 0. The standard InChI is InChI=1S/C26H35N7O2/c1-31(24-9-5-4-8-22(24)28-27)26(33-14-18-35-19-15-33)25(32-12-16-34-17-13-32)23-11-10-20-6-2-3-7-21(20)29-30-23/h2-9,23,25-27H,10-19H2,1H3/t23-,25?,26?/m0/s1. The van der Waals surface area contributed by atoms with Crippen molar-refractivity contribution in [3.8, 4) is 0 Å². The molecule has 3 aliphatic heterocycles. The molecule has 9 nitrogen and oxygen atoms in total. The fourth-order valence-corrected chi connectivity index (χ4v) is 5.59. The lowest BCUT2D eigenvalue weighted by Gasteiger charge is -2.50. The number of rotatable bonds is 7. The zero-order chi connectivity index (χ0) is 24.0. The van der Waals surface area contributed by atoms with Crippen molar-refractivity contribution >= 4 is 17.1 Å². The molecule has 9 heteroatoms. The highest BCUT2D eigenvalue weighted by atomic mass is 16.5. The first-order valence-corrected chi connectivity index (χ1v) is 12.6. The summed E-state index contributed by atoms with van der Waals surface area (Å²) in [6.07, 6.45) is 1.90. The first-order valence-electron chi connectivity index (χ1n) is 12.6. The highest BCUT2D eigenvalue weighted by molar-refractivity contribution is 5.66. The lowest BCUT2D eigenvalue weighted by Crippen LogP contribution is -2.65. The molecule has 0 amide bonds. The number of morpholine rings is 2. The average molecular weight is 478 g/mol. The Morgan fingerprint density at radius 1 is 0.943 bits per heavy atom. The summed E-state index contributed by atoms with van der Waals surface area (Å²) >= 11 is 0. The van der Waals surface area contributed by atoms with Gasteiger partial charge in [0.05, 0.1) is 56.1 Å². The molecule has 0 saturated carbocycles. The fourth-order valence-electron chi connectivity index (χ4n) is 5.59. The molecular weight excluding hydrogens is 442 g/mol. The smallest absolute Gasteiger partial charge is 0.108 e. The molecule has 2 aromatic carbocycles. The largest absolute Gasteiger partial charge is 0.379 e. The van der Waals surface area contributed by atoms with Crippen molar-refractivity contribution in [2.75, 3.05) is 64.6 Å². The second kappa shape index (κ2) is 11.3. The van der Waals surface area contributed by atoms with Crippen molar-refractivity contribution in [1.82, 2.24) is 9.80 Å². The minimum absolute atomic E-state index is 0.0186. The molecule has 0 spiro atoms. The Morgan fingerprint density at radius 2 is 1.60 bits per heavy atom. The number of azo groups is 1. The summed E-state index contributed by atoms with van der Waals surface area (Å²) in [6, 6.07) is 16.4. The number of hydrogen-bond donors (Lipinski definition) is 1. The number of aryl methyl sites for hydroxylation is 1. The number of ether oxygens (including phenoxy) is 2. The van der Waals surface area contributed by atoms with E-state index in [2.05, 4.69) is 51.1 Å². The van der Waals surface area contributed by atoms with Gasteiger partial charge in [-0.05, 0) is 36.6 Å². The van der Waals surface area contributed by atoms with Crippen molar-refractivity contribution in [2.24, 2.45) is 15.3 Å². The number of nitrogens with one attached hydrogen (secondary N) is 1. The number of hydrogen-bond acceptors (Lipinski definition) is 9. The van der Waals surface area contributed by atoms with Gasteiger partial charge in [0.2, 0.25) is 0 Å². The van der Waals surface area contributed by atoms with Gasteiger partial charge >= 0.3 is 0 Å². The Hall–Kier alpha value is -2.72. The monoisotopic (exact) mass is 477 g/mol. The van der Waals surface area contributed by atoms with Crippen LogP contribution in [0.5, 0.6) is 0 Å². The summed E-state index contributed by atoms with van der Waals surface area (Å²) in [5, 5.41) is 13.5. The second-order valence-corrected chi connectivity index (χ2v) is 9.36. The van der Waals surface area contributed by atoms with Crippen molar-refractivity contribution in [3.05, 3.63) is 54.1 Å². The normalized spacial score (nSPS) is 23.2. The molecule has 0 radical (unpaired) electrons. The molecule has 2 aromatic rings. The summed E-state index contributed by atoms with van der Waals surface area (Å²) in [6.45, 7) is 6.29. The maximum Gasteiger partial charge on any atom is 0.108 e. The van der Waals surface area contributed by atoms with Gasteiger partial charge in [0, 0.05) is 33.2 Å². The number of para-hydroxylation sites is 2. The van der Waals surface area contributed by atoms with Gasteiger partial charge in [-0.3, -0.25) is 9.80 Å². The van der Waals surface area contributed by atoms with Crippen molar-refractivity contribution < 1.29 is 9.47 Å². The molecule has 0 bridgehead atoms. The molecule has 2 unspecified atom stereocenters. The first-order chi connectivity index (χ1) is 17.3. The van der Waals surface area contributed by atoms with Crippen LogP contribution in [0.1, 0.15) is 12.0 Å². The fraction of sp³-hybridized carbons (Fsp3) is 0.538. The molecule has 0 aromatic heterocycles. The van der Waals surface area contributed by atoms with Gasteiger partial charge in [-0.15, -0.1) is 0 Å². The van der Waals surface area contributed by atoms with E-state index in [9.17, 15) is 0 Å². The Labute approximate surface area is 207 Å². The van der Waals surface area contributed by atoms with Crippen molar-refractivity contribution in [2.45, 2.75) is 31.1 Å². The van der Waals surface area contributed by atoms with E-state index in [4.69, 9.17) is 25.2 Å². The molecule has 35 heavy (non-hydrogen) atoms. The molecular formula is C26H35N7O2. The second-order valence-electron chi connectivity index (χ2n) is 9.36. The van der Waals surface area contributed by atoms with Crippen LogP contribution >= 0.6 is 0 Å². The Balaban J connectivity index is 1.55. The van der Waals surface area contributed by atoms with Crippen LogP contribution in [0.15, 0.2) is 63.9 Å². The third kappa shape index (κ3) is 5.28. The number of fused-ring (bicyclic) bond motifs is 1. The van der Waals surface area contributed by atoms with Crippen molar-refractivity contribution in [3.63, 3.8) is 0 Å². The average Bonchev–Trinajstić information content (AvgIpc) is 3.15. The lowest BCUT2D eigenvalue weighted by molar-refractivity contribution is -0.0417. The van der Waals surface area contributed by atoms with Gasteiger partial charge in [0.15, 0.2) is 0 Å². The van der Waals surface area contributed by atoms with Crippen LogP contribution in [0, 0.1) is 5.53 Å². The van der Waals surface area contributed by atoms with Gasteiger partial charge in [-0.2, -0.15) is 15.3 Å². The molecule has 3 heterocycles. The maximum absolute atomic E-state index is 7.77. The minimum Gasteiger partial charge on any atom is -0.379 e. The molecule has 3 atom stereocenters. The topological polar surface area (TPSA) is 89.1 Å². The third-order valence-corrected chi connectivity index (χ3v) is 7.38. The number of anilines is 1. The third-order valence-electron chi connectivity index (χ3n) is 7.38. The molecule has 1 N–H and O–H groups in total. The zero-order valence-electron chi connectivity index (χ0n) is 20.4. The van der Waals surface area contributed by atoms with Crippen LogP contribution in [-0.2, 0) is 15.9 Å². The predicted molar refractivity (Wildman–Crippen MR) is 135 cm³/mol. The van der Waals surface area contributed by atoms with Crippen LogP contribution in [0.3, 0.4) is 0 Å². The SMILES string of the molecule is CN(c1ccccc1N=N)C(C([C@@H]1CCc2ccccc2N=N1)N1CCOCC1)N1CCOCC1. The van der Waals surface area contributed by atoms with Gasteiger partial charge in [0.25, 0.3) is 0 Å². The van der Waals surface area contributed by atoms with E-state index in [0.717, 1.165) is 63.6 Å². The van der Waals surface area contributed by atoms with E-state index in [1.54, 1.807) is 0 Å². The summed E-state index contributed by atoms with van der Waals surface area (Å²) < 4.78 is 11.5. The van der Waals surface area contributed by atoms with E-state index >= 15 is 0 Å². The van der Waals surface area contributed by atoms with E-state index in [1.807, 2.05) is 24.3 Å². The first kappa shape index (κ1) is 24.0. The van der Waals surface area contributed by atoms with E-state index in [1.165, 1.54) is 5.56 Å². The van der Waals surface area contributed by atoms with E-state index in [-0.39, 0.29) is 18.2 Å². The van der Waals surface area contributed by atoms with Crippen LogP contribution in [-0.4, -0.2) is 87.7 Å². The van der Waals surface area contributed by atoms with Gasteiger partial charge in [0.1, 0.15) is 5.69 Å². The van der Waals surface area contributed by atoms with Gasteiger partial charge < -0.3 is 14.4 Å². The van der Waals surface area contributed by atoms with Crippen LogP contribution in [0.2, 0.25) is 0 Å². The molecule has 186 valence electrons. The van der Waals surface area contributed by atoms with Gasteiger partial charge in [-0.1, -0.05) is 30.3 Å². The van der Waals surface area contributed by atoms with E-state index in [0.29, 0.717) is 18.9 Å². The number of likely N-dealkylation sites (N-methyl/N-ethyl adjacent to an activating group) is 1. The van der Waals surface area contributed by atoms with E-state index < -0.39 is 0 Å². The van der Waals surface area contributed by atoms with Crippen molar-refractivity contribution in [1.29, 1.82) is 5.53 Å². The quantitative estimate of drug-likeness (QED) is 0.603. The van der Waals surface area contributed by atoms with Crippen LogP contribution in [0.25, 0.3) is 0 Å². The lowest BCUT2D eigenvalue weighted by atomic mass is 9.94. The molecule has 2 saturated heterocycles. The Kier molecular flexibility index (Phi) is 7.78.